The summed E-state index contributed by atoms with van der Waals surface area (Å²) in [4.78, 5) is 0. The molecule has 0 aromatic heterocycles. The van der Waals surface area contributed by atoms with Gasteiger partial charge in [0.2, 0.25) is 0 Å². The highest BCUT2D eigenvalue weighted by molar-refractivity contribution is 9.10. The van der Waals surface area contributed by atoms with Crippen molar-refractivity contribution in [2.24, 2.45) is 0 Å². The molecule has 2 aromatic rings. The molecule has 100 valence electrons. The van der Waals surface area contributed by atoms with Gasteiger partial charge >= 0.3 is 0 Å². The van der Waals surface area contributed by atoms with Gasteiger partial charge in [0.1, 0.15) is 18.2 Å². The zero-order chi connectivity index (χ0) is 13.5. The predicted octanol–water partition coefficient (Wildman–Crippen LogP) is 4.18. The molecular formula is C15H14BrFO2. The maximum Gasteiger partial charge on any atom is 0.137 e. The highest BCUT2D eigenvalue weighted by atomic mass is 79.9. The lowest BCUT2D eigenvalue weighted by Crippen LogP contribution is -2.06. The Kier molecular flexibility index (Phi) is 5.36. The van der Waals surface area contributed by atoms with Crippen LogP contribution >= 0.6 is 15.9 Å². The third-order valence-electron chi connectivity index (χ3n) is 2.50. The maximum absolute atomic E-state index is 13.0. The minimum Gasteiger partial charge on any atom is -0.491 e. The van der Waals surface area contributed by atoms with Crippen LogP contribution in [-0.2, 0) is 11.3 Å². The molecule has 0 saturated carbocycles. The van der Waals surface area contributed by atoms with E-state index in [1.165, 1.54) is 6.07 Å². The van der Waals surface area contributed by atoms with E-state index in [9.17, 15) is 4.39 Å². The molecule has 0 bridgehead atoms. The van der Waals surface area contributed by atoms with Gasteiger partial charge in [-0.25, -0.2) is 4.39 Å². The van der Waals surface area contributed by atoms with Gasteiger partial charge in [-0.2, -0.15) is 0 Å². The molecule has 0 aliphatic heterocycles. The standard InChI is InChI=1S/C15H14BrFO2/c16-14-10-13(6-7-15(14)17)19-9-8-18-11-12-4-2-1-3-5-12/h1-7,10H,8-9,11H2. The third-order valence-corrected chi connectivity index (χ3v) is 3.11. The Morgan fingerprint density at radius 3 is 2.53 bits per heavy atom. The minimum atomic E-state index is -0.298. The van der Waals surface area contributed by atoms with Crippen molar-refractivity contribution in [2.75, 3.05) is 13.2 Å². The topological polar surface area (TPSA) is 18.5 Å². The summed E-state index contributed by atoms with van der Waals surface area (Å²) >= 11 is 3.11. The monoisotopic (exact) mass is 324 g/mol. The normalized spacial score (nSPS) is 10.4. The van der Waals surface area contributed by atoms with E-state index < -0.39 is 0 Å². The first kappa shape index (κ1) is 14.0. The van der Waals surface area contributed by atoms with Crippen LogP contribution in [0.1, 0.15) is 5.56 Å². The van der Waals surface area contributed by atoms with Gasteiger partial charge in [0, 0.05) is 0 Å². The van der Waals surface area contributed by atoms with E-state index in [-0.39, 0.29) is 5.82 Å². The Morgan fingerprint density at radius 2 is 1.79 bits per heavy atom. The Bertz CT molecular complexity index is 517. The number of hydrogen-bond acceptors (Lipinski definition) is 2. The van der Waals surface area contributed by atoms with Crippen LogP contribution in [0.2, 0.25) is 0 Å². The molecule has 2 aromatic carbocycles. The van der Waals surface area contributed by atoms with E-state index in [0.717, 1.165) is 5.56 Å². The molecule has 0 N–H and O–H groups in total. The molecular weight excluding hydrogens is 311 g/mol. The average Bonchev–Trinajstić information content (AvgIpc) is 2.43. The van der Waals surface area contributed by atoms with Gasteiger partial charge < -0.3 is 9.47 Å². The fraction of sp³-hybridized carbons (Fsp3) is 0.200. The van der Waals surface area contributed by atoms with E-state index >= 15 is 0 Å². The summed E-state index contributed by atoms with van der Waals surface area (Å²) in [6.07, 6.45) is 0. The number of benzene rings is 2. The van der Waals surface area contributed by atoms with Gasteiger partial charge in [0.05, 0.1) is 17.7 Å². The van der Waals surface area contributed by atoms with E-state index in [1.807, 2.05) is 30.3 Å². The van der Waals surface area contributed by atoms with Gasteiger partial charge in [-0.15, -0.1) is 0 Å². The van der Waals surface area contributed by atoms with Crippen LogP contribution in [0.25, 0.3) is 0 Å². The summed E-state index contributed by atoms with van der Waals surface area (Å²) in [7, 11) is 0. The van der Waals surface area contributed by atoms with Gasteiger partial charge in [-0.1, -0.05) is 30.3 Å². The Labute approximate surface area is 120 Å². The zero-order valence-electron chi connectivity index (χ0n) is 10.3. The van der Waals surface area contributed by atoms with Crippen molar-refractivity contribution in [3.8, 4) is 5.75 Å². The maximum atomic E-state index is 13.0. The summed E-state index contributed by atoms with van der Waals surface area (Å²) in [6, 6.07) is 14.5. The second kappa shape index (κ2) is 7.26. The molecule has 0 saturated heterocycles. The van der Waals surface area contributed by atoms with Crippen LogP contribution in [0.5, 0.6) is 5.75 Å². The van der Waals surface area contributed by atoms with Crippen LogP contribution in [0, 0.1) is 5.82 Å². The second-order valence-electron chi connectivity index (χ2n) is 3.96. The lowest BCUT2D eigenvalue weighted by molar-refractivity contribution is 0.0889. The fourth-order valence-corrected chi connectivity index (χ4v) is 1.91. The van der Waals surface area contributed by atoms with E-state index in [2.05, 4.69) is 15.9 Å². The zero-order valence-corrected chi connectivity index (χ0v) is 11.9. The van der Waals surface area contributed by atoms with Crippen molar-refractivity contribution in [3.05, 3.63) is 64.4 Å². The SMILES string of the molecule is Fc1ccc(OCCOCc2ccccc2)cc1Br. The smallest absolute Gasteiger partial charge is 0.137 e. The fourth-order valence-electron chi connectivity index (χ4n) is 1.55. The van der Waals surface area contributed by atoms with Crippen molar-refractivity contribution in [3.63, 3.8) is 0 Å². The Hall–Kier alpha value is -1.39. The quantitative estimate of drug-likeness (QED) is 0.742. The molecule has 0 radical (unpaired) electrons. The van der Waals surface area contributed by atoms with Crippen molar-refractivity contribution in [1.29, 1.82) is 0 Å². The van der Waals surface area contributed by atoms with Crippen LogP contribution in [0.15, 0.2) is 53.0 Å². The Morgan fingerprint density at radius 1 is 1.00 bits per heavy atom. The minimum absolute atomic E-state index is 0.298. The number of hydrogen-bond donors (Lipinski definition) is 0. The number of halogens is 2. The highest BCUT2D eigenvalue weighted by Crippen LogP contribution is 2.21. The van der Waals surface area contributed by atoms with Gasteiger partial charge in [0.15, 0.2) is 0 Å². The molecule has 0 heterocycles. The molecule has 0 unspecified atom stereocenters. The molecule has 0 aliphatic carbocycles. The van der Waals surface area contributed by atoms with Crippen LogP contribution < -0.4 is 4.74 Å². The lowest BCUT2D eigenvalue weighted by atomic mass is 10.2. The van der Waals surface area contributed by atoms with Gasteiger partial charge in [-0.05, 0) is 39.7 Å². The van der Waals surface area contributed by atoms with E-state index in [4.69, 9.17) is 9.47 Å². The lowest BCUT2D eigenvalue weighted by Gasteiger charge is -2.08. The molecule has 0 atom stereocenters. The predicted molar refractivity (Wildman–Crippen MR) is 75.7 cm³/mol. The molecule has 2 rings (SSSR count). The second-order valence-corrected chi connectivity index (χ2v) is 4.82. The first-order valence-electron chi connectivity index (χ1n) is 5.95. The first-order valence-corrected chi connectivity index (χ1v) is 6.74. The largest absolute Gasteiger partial charge is 0.491 e. The van der Waals surface area contributed by atoms with Crippen molar-refractivity contribution in [2.45, 2.75) is 6.61 Å². The molecule has 0 spiro atoms. The van der Waals surface area contributed by atoms with E-state index in [1.54, 1.807) is 12.1 Å². The summed E-state index contributed by atoms with van der Waals surface area (Å²) in [6.45, 7) is 1.49. The highest BCUT2D eigenvalue weighted by Gasteiger charge is 2.01. The number of ether oxygens (including phenoxy) is 2. The summed E-state index contributed by atoms with van der Waals surface area (Å²) in [5.74, 6) is 0.323. The first-order chi connectivity index (χ1) is 9.25. The van der Waals surface area contributed by atoms with Crippen LogP contribution in [-0.4, -0.2) is 13.2 Å². The van der Waals surface area contributed by atoms with Crippen molar-refractivity contribution in [1.82, 2.24) is 0 Å². The van der Waals surface area contributed by atoms with Gasteiger partial charge in [-0.3, -0.25) is 0 Å². The molecule has 0 fully saturated rings. The molecule has 19 heavy (non-hydrogen) atoms. The number of rotatable bonds is 6. The molecule has 0 aliphatic rings. The average molecular weight is 325 g/mol. The molecule has 0 amide bonds. The van der Waals surface area contributed by atoms with Crippen LogP contribution in [0.4, 0.5) is 4.39 Å². The molecule has 4 heteroatoms. The summed E-state index contributed by atoms with van der Waals surface area (Å²) in [5, 5.41) is 0. The third kappa shape index (κ3) is 4.65. The van der Waals surface area contributed by atoms with E-state index in [0.29, 0.717) is 30.0 Å². The van der Waals surface area contributed by atoms with Crippen molar-refractivity contribution >= 4 is 15.9 Å². The summed E-state index contributed by atoms with van der Waals surface area (Å²) in [5.41, 5.74) is 1.13. The Balaban J connectivity index is 1.68. The van der Waals surface area contributed by atoms with Gasteiger partial charge in [0.25, 0.3) is 0 Å². The summed E-state index contributed by atoms with van der Waals surface area (Å²) < 4.78 is 24.3. The van der Waals surface area contributed by atoms with Crippen LogP contribution in [0.3, 0.4) is 0 Å². The molecule has 2 nitrogen and oxygen atoms in total. The van der Waals surface area contributed by atoms with Crippen molar-refractivity contribution < 1.29 is 13.9 Å².